The molecule has 1 saturated carbocycles. The molecule has 1 rings (SSSR count). The topological polar surface area (TPSA) is 84.2 Å². The summed E-state index contributed by atoms with van der Waals surface area (Å²) in [5, 5.41) is 5.50. The maximum atomic E-state index is 11.5. The van der Waals surface area contributed by atoms with Gasteiger partial charge in [0.05, 0.1) is 6.04 Å². The first-order valence-corrected chi connectivity index (χ1v) is 7.34. The third-order valence-electron chi connectivity index (χ3n) is 2.64. The summed E-state index contributed by atoms with van der Waals surface area (Å²) in [6, 6.07) is -0.443. The van der Waals surface area contributed by atoms with Crippen molar-refractivity contribution in [2.75, 3.05) is 25.1 Å². The molecule has 5 nitrogen and oxygen atoms in total. The molecule has 4 N–H and O–H groups in total. The highest BCUT2D eigenvalue weighted by atomic mass is 32.2. The molecule has 0 unspecified atom stereocenters. The van der Waals surface area contributed by atoms with Crippen LogP contribution in [0.4, 0.5) is 0 Å². The highest BCUT2D eigenvalue weighted by Crippen LogP contribution is 2.28. The Morgan fingerprint density at radius 3 is 2.59 bits per heavy atom. The van der Waals surface area contributed by atoms with Gasteiger partial charge in [0.15, 0.2) is 0 Å². The SMILES string of the molecule is CSCC[C@H](N)C(=O)NCCNC(=O)C1CC1. The van der Waals surface area contributed by atoms with Gasteiger partial charge in [-0.15, -0.1) is 0 Å². The Morgan fingerprint density at radius 1 is 1.35 bits per heavy atom. The van der Waals surface area contributed by atoms with Gasteiger partial charge in [-0.3, -0.25) is 9.59 Å². The lowest BCUT2D eigenvalue weighted by molar-refractivity contribution is -0.124. The third kappa shape index (κ3) is 5.93. The Kier molecular flexibility index (Phi) is 6.36. The Labute approximate surface area is 106 Å². The number of thioether (sulfide) groups is 1. The number of nitrogens with two attached hydrogens (primary N) is 1. The Balaban J connectivity index is 2.00. The number of rotatable bonds is 8. The zero-order valence-corrected chi connectivity index (χ0v) is 11.0. The summed E-state index contributed by atoms with van der Waals surface area (Å²) >= 11 is 1.67. The lowest BCUT2D eigenvalue weighted by atomic mass is 10.2. The van der Waals surface area contributed by atoms with Crippen LogP contribution in [0, 0.1) is 5.92 Å². The number of amides is 2. The van der Waals surface area contributed by atoms with E-state index in [1.807, 2.05) is 6.26 Å². The molecule has 0 aromatic rings. The van der Waals surface area contributed by atoms with Gasteiger partial charge in [0, 0.05) is 19.0 Å². The first kappa shape index (κ1) is 14.3. The molecule has 1 atom stereocenters. The smallest absolute Gasteiger partial charge is 0.237 e. The van der Waals surface area contributed by atoms with Gasteiger partial charge in [0.2, 0.25) is 11.8 Å². The average molecular weight is 259 g/mol. The molecular weight excluding hydrogens is 238 g/mol. The minimum Gasteiger partial charge on any atom is -0.354 e. The fraction of sp³-hybridized carbons (Fsp3) is 0.818. The van der Waals surface area contributed by atoms with Crippen molar-refractivity contribution in [2.24, 2.45) is 11.7 Å². The first-order valence-electron chi connectivity index (χ1n) is 5.95. The van der Waals surface area contributed by atoms with Gasteiger partial charge >= 0.3 is 0 Å². The standard InChI is InChI=1S/C11H21N3O2S/c1-17-7-4-9(12)11(16)14-6-5-13-10(15)8-2-3-8/h8-9H,2-7,12H2,1H3,(H,13,15)(H,14,16)/t9-/m0/s1. The second-order valence-corrected chi connectivity index (χ2v) is 5.23. The minimum atomic E-state index is -0.443. The van der Waals surface area contributed by atoms with E-state index >= 15 is 0 Å². The molecule has 6 heteroatoms. The molecule has 0 saturated heterocycles. The first-order chi connectivity index (χ1) is 8.15. The van der Waals surface area contributed by atoms with Gasteiger partial charge < -0.3 is 16.4 Å². The van der Waals surface area contributed by atoms with Gasteiger partial charge in [-0.05, 0) is 31.3 Å². The van der Waals surface area contributed by atoms with Crippen LogP contribution in [-0.2, 0) is 9.59 Å². The number of hydrogen-bond donors (Lipinski definition) is 3. The van der Waals surface area contributed by atoms with Crippen LogP contribution in [0.1, 0.15) is 19.3 Å². The summed E-state index contributed by atoms with van der Waals surface area (Å²) < 4.78 is 0. The van der Waals surface area contributed by atoms with Crippen LogP contribution >= 0.6 is 11.8 Å². The summed E-state index contributed by atoms with van der Waals surface area (Å²) in [5.41, 5.74) is 5.69. The summed E-state index contributed by atoms with van der Waals surface area (Å²) in [6.07, 6.45) is 4.66. The molecule has 98 valence electrons. The Hall–Kier alpha value is -0.750. The van der Waals surface area contributed by atoms with Crippen molar-refractivity contribution in [2.45, 2.75) is 25.3 Å². The van der Waals surface area contributed by atoms with Gasteiger partial charge in [-0.2, -0.15) is 11.8 Å². The predicted molar refractivity (Wildman–Crippen MR) is 69.7 cm³/mol. The monoisotopic (exact) mass is 259 g/mol. The second-order valence-electron chi connectivity index (χ2n) is 4.24. The van der Waals surface area contributed by atoms with Crippen LogP contribution in [0.5, 0.6) is 0 Å². The van der Waals surface area contributed by atoms with Crippen LogP contribution in [-0.4, -0.2) is 43.0 Å². The summed E-state index contributed by atoms with van der Waals surface area (Å²) in [6.45, 7) is 0.931. The van der Waals surface area contributed by atoms with Crippen LogP contribution in [0.2, 0.25) is 0 Å². The summed E-state index contributed by atoms with van der Waals surface area (Å²) in [4.78, 5) is 22.8. The molecular formula is C11H21N3O2S. The van der Waals surface area contributed by atoms with Gasteiger partial charge in [0.25, 0.3) is 0 Å². The Morgan fingerprint density at radius 2 is 2.00 bits per heavy atom. The van der Waals surface area contributed by atoms with E-state index in [2.05, 4.69) is 10.6 Å². The molecule has 2 amide bonds. The molecule has 0 radical (unpaired) electrons. The highest BCUT2D eigenvalue weighted by molar-refractivity contribution is 7.98. The maximum Gasteiger partial charge on any atom is 0.237 e. The van der Waals surface area contributed by atoms with Crippen molar-refractivity contribution in [3.05, 3.63) is 0 Å². The van der Waals surface area contributed by atoms with Crippen molar-refractivity contribution in [3.63, 3.8) is 0 Å². The zero-order chi connectivity index (χ0) is 12.7. The van der Waals surface area contributed by atoms with Crippen LogP contribution in [0.25, 0.3) is 0 Å². The van der Waals surface area contributed by atoms with E-state index < -0.39 is 6.04 Å². The molecule has 1 aliphatic rings. The maximum absolute atomic E-state index is 11.5. The minimum absolute atomic E-state index is 0.103. The van der Waals surface area contributed by atoms with E-state index in [1.54, 1.807) is 11.8 Å². The van der Waals surface area contributed by atoms with Crippen molar-refractivity contribution in [1.29, 1.82) is 0 Å². The van der Waals surface area contributed by atoms with E-state index in [9.17, 15) is 9.59 Å². The van der Waals surface area contributed by atoms with Crippen LogP contribution in [0.3, 0.4) is 0 Å². The molecule has 1 fully saturated rings. The molecule has 0 spiro atoms. The molecule has 1 aliphatic carbocycles. The van der Waals surface area contributed by atoms with Crippen molar-refractivity contribution in [3.8, 4) is 0 Å². The largest absolute Gasteiger partial charge is 0.354 e. The molecule has 17 heavy (non-hydrogen) atoms. The average Bonchev–Trinajstić information content (AvgIpc) is 3.14. The van der Waals surface area contributed by atoms with E-state index in [4.69, 9.17) is 5.73 Å². The van der Waals surface area contributed by atoms with Crippen molar-refractivity contribution in [1.82, 2.24) is 10.6 Å². The third-order valence-corrected chi connectivity index (χ3v) is 3.29. The van der Waals surface area contributed by atoms with Gasteiger partial charge in [-0.1, -0.05) is 0 Å². The normalized spacial score (nSPS) is 16.4. The van der Waals surface area contributed by atoms with E-state index in [0.717, 1.165) is 18.6 Å². The number of nitrogens with one attached hydrogen (secondary N) is 2. The van der Waals surface area contributed by atoms with Crippen molar-refractivity contribution < 1.29 is 9.59 Å². The van der Waals surface area contributed by atoms with E-state index in [0.29, 0.717) is 19.5 Å². The number of carbonyl (C=O) groups is 2. The van der Waals surface area contributed by atoms with E-state index in [1.165, 1.54) is 0 Å². The second kappa shape index (κ2) is 7.55. The zero-order valence-electron chi connectivity index (χ0n) is 10.2. The van der Waals surface area contributed by atoms with Crippen LogP contribution < -0.4 is 16.4 Å². The lowest BCUT2D eigenvalue weighted by Crippen LogP contribution is -2.44. The fourth-order valence-electron chi connectivity index (χ4n) is 1.37. The van der Waals surface area contributed by atoms with Gasteiger partial charge in [0.1, 0.15) is 0 Å². The molecule has 0 heterocycles. The van der Waals surface area contributed by atoms with Gasteiger partial charge in [-0.25, -0.2) is 0 Å². The predicted octanol–water partition coefficient (Wildman–Crippen LogP) is -0.291. The van der Waals surface area contributed by atoms with E-state index in [-0.39, 0.29) is 17.7 Å². The van der Waals surface area contributed by atoms with Crippen LogP contribution in [0.15, 0.2) is 0 Å². The fourth-order valence-corrected chi connectivity index (χ4v) is 1.86. The molecule has 0 aromatic heterocycles. The lowest BCUT2D eigenvalue weighted by Gasteiger charge is -2.11. The summed E-state index contributed by atoms with van der Waals surface area (Å²) in [5.74, 6) is 1.06. The molecule has 0 aliphatic heterocycles. The Bertz CT molecular complexity index is 269. The number of hydrogen-bond acceptors (Lipinski definition) is 4. The summed E-state index contributed by atoms with van der Waals surface area (Å²) in [7, 11) is 0. The highest BCUT2D eigenvalue weighted by Gasteiger charge is 2.29. The number of carbonyl (C=O) groups excluding carboxylic acids is 2. The molecule has 0 aromatic carbocycles. The molecule has 0 bridgehead atoms. The van der Waals surface area contributed by atoms with Crippen molar-refractivity contribution >= 4 is 23.6 Å². The quantitative estimate of drug-likeness (QED) is 0.523.